The highest BCUT2D eigenvalue weighted by Gasteiger charge is 2.31. The average molecular weight is 379 g/mol. The van der Waals surface area contributed by atoms with E-state index in [0.717, 1.165) is 30.6 Å². The lowest BCUT2D eigenvalue weighted by Gasteiger charge is -2.27. The van der Waals surface area contributed by atoms with Crippen molar-refractivity contribution in [3.8, 4) is 0 Å². The molecule has 8 nitrogen and oxygen atoms in total. The first-order chi connectivity index (χ1) is 13.2. The molecule has 0 saturated carbocycles. The minimum Gasteiger partial charge on any atom is -0.383 e. The zero-order chi connectivity index (χ0) is 19.6. The van der Waals surface area contributed by atoms with E-state index < -0.39 is 18.8 Å². The normalized spacial score (nSPS) is 18.6. The van der Waals surface area contributed by atoms with E-state index in [1.54, 1.807) is 7.11 Å². The lowest BCUT2D eigenvalue weighted by atomic mass is 10.0. The second-order valence-electron chi connectivity index (χ2n) is 6.31. The molecule has 1 aromatic carbocycles. The van der Waals surface area contributed by atoms with Crippen LogP contribution >= 0.6 is 0 Å². The van der Waals surface area contributed by atoms with Gasteiger partial charge in [-0.25, -0.2) is 0 Å². The van der Waals surface area contributed by atoms with E-state index in [0.29, 0.717) is 13.2 Å². The number of carbonyl (C=O) groups excluding carboxylic acids is 1. The Kier molecular flexibility index (Phi) is 8.32. The highest BCUT2D eigenvalue weighted by atomic mass is 19.1. The number of alkyl halides is 1. The Morgan fingerprint density at radius 2 is 2.19 bits per heavy atom. The number of benzene rings is 1. The summed E-state index contributed by atoms with van der Waals surface area (Å²) < 4.78 is 23.4. The molecule has 2 rings (SSSR count). The van der Waals surface area contributed by atoms with Gasteiger partial charge in [0.2, 0.25) is 5.91 Å². The van der Waals surface area contributed by atoms with Gasteiger partial charge in [0.15, 0.2) is 0 Å². The third-order valence-corrected chi connectivity index (χ3v) is 4.68. The van der Waals surface area contributed by atoms with Gasteiger partial charge >= 0.3 is 0 Å². The molecule has 1 aromatic rings. The Bertz CT molecular complexity index is 651. The quantitative estimate of drug-likeness (QED) is 0.292. The van der Waals surface area contributed by atoms with Crippen molar-refractivity contribution in [1.29, 1.82) is 0 Å². The van der Waals surface area contributed by atoms with Crippen LogP contribution in [0.25, 0.3) is 10.4 Å². The Morgan fingerprint density at radius 3 is 2.78 bits per heavy atom. The predicted molar refractivity (Wildman–Crippen MR) is 100 cm³/mol. The van der Waals surface area contributed by atoms with Gasteiger partial charge in [-0.15, -0.1) is 0 Å². The monoisotopic (exact) mass is 379 g/mol. The van der Waals surface area contributed by atoms with Gasteiger partial charge in [-0.1, -0.05) is 17.2 Å². The summed E-state index contributed by atoms with van der Waals surface area (Å²) in [7, 11) is 3.05. The number of hydrogen-bond acceptors (Lipinski definition) is 5. The van der Waals surface area contributed by atoms with Gasteiger partial charge in [0.05, 0.1) is 18.8 Å². The summed E-state index contributed by atoms with van der Waals surface area (Å²) in [6.07, 6.45) is 1.07. The number of nitrogens with one attached hydrogen (secondary N) is 1. The SMILES string of the molecule is COCCNC(=O)[C@H]1CCCN1c1ccc([C@@H](OC)[C@@H](CF)N=[N+]=[N-])cc1. The third-order valence-electron chi connectivity index (χ3n) is 4.68. The summed E-state index contributed by atoms with van der Waals surface area (Å²) in [5.74, 6) is -0.00996. The highest BCUT2D eigenvalue weighted by molar-refractivity contribution is 5.85. The second-order valence-corrected chi connectivity index (χ2v) is 6.31. The maximum absolute atomic E-state index is 13.2. The second kappa shape index (κ2) is 10.7. The molecule has 3 atom stereocenters. The lowest BCUT2D eigenvalue weighted by Crippen LogP contribution is -2.44. The maximum Gasteiger partial charge on any atom is 0.242 e. The van der Waals surface area contributed by atoms with E-state index in [4.69, 9.17) is 15.0 Å². The first-order valence-electron chi connectivity index (χ1n) is 8.92. The number of ether oxygens (including phenoxy) is 2. The van der Waals surface area contributed by atoms with Crippen LogP contribution in [-0.2, 0) is 14.3 Å². The van der Waals surface area contributed by atoms with Crippen molar-refractivity contribution < 1.29 is 18.7 Å². The fourth-order valence-electron chi connectivity index (χ4n) is 3.35. The van der Waals surface area contributed by atoms with Gasteiger partial charge in [0.1, 0.15) is 12.7 Å². The molecule has 1 heterocycles. The Hall–Kier alpha value is -2.35. The Balaban J connectivity index is 2.10. The summed E-state index contributed by atoms with van der Waals surface area (Å²) >= 11 is 0. The van der Waals surface area contributed by atoms with Gasteiger partial charge in [-0.05, 0) is 36.1 Å². The van der Waals surface area contributed by atoms with Crippen LogP contribution in [0, 0.1) is 0 Å². The van der Waals surface area contributed by atoms with Crippen molar-refractivity contribution in [3.63, 3.8) is 0 Å². The van der Waals surface area contributed by atoms with Crippen LogP contribution in [0.5, 0.6) is 0 Å². The van der Waals surface area contributed by atoms with Crippen LogP contribution in [0.3, 0.4) is 0 Å². The van der Waals surface area contributed by atoms with Gasteiger partial charge in [-0.2, -0.15) is 0 Å². The molecule has 1 aliphatic heterocycles. The maximum atomic E-state index is 13.2. The molecular formula is C18H26FN5O3. The fourth-order valence-corrected chi connectivity index (χ4v) is 3.35. The number of azide groups is 1. The summed E-state index contributed by atoms with van der Waals surface area (Å²) in [5.41, 5.74) is 10.2. The largest absolute Gasteiger partial charge is 0.383 e. The van der Waals surface area contributed by atoms with Gasteiger partial charge in [-0.3, -0.25) is 9.18 Å². The number of anilines is 1. The van der Waals surface area contributed by atoms with Crippen LogP contribution in [0.1, 0.15) is 24.5 Å². The smallest absolute Gasteiger partial charge is 0.242 e. The zero-order valence-electron chi connectivity index (χ0n) is 15.7. The van der Waals surface area contributed by atoms with Crippen LogP contribution in [0.15, 0.2) is 29.4 Å². The number of amides is 1. The van der Waals surface area contributed by atoms with Crippen LogP contribution in [0.2, 0.25) is 0 Å². The molecule has 27 heavy (non-hydrogen) atoms. The summed E-state index contributed by atoms with van der Waals surface area (Å²) in [6.45, 7) is 0.950. The van der Waals surface area contributed by atoms with Crippen molar-refractivity contribution in [1.82, 2.24) is 5.32 Å². The van der Waals surface area contributed by atoms with E-state index in [-0.39, 0.29) is 11.9 Å². The lowest BCUT2D eigenvalue weighted by molar-refractivity contribution is -0.122. The topological polar surface area (TPSA) is 99.6 Å². The highest BCUT2D eigenvalue weighted by Crippen LogP contribution is 2.29. The number of rotatable bonds is 10. The number of nitrogens with zero attached hydrogens (tertiary/aromatic N) is 4. The molecule has 0 aromatic heterocycles. The first-order valence-corrected chi connectivity index (χ1v) is 8.92. The zero-order valence-corrected chi connectivity index (χ0v) is 15.7. The van der Waals surface area contributed by atoms with Gasteiger partial charge in [0, 0.05) is 37.9 Å². The molecule has 148 valence electrons. The number of hydrogen-bond donors (Lipinski definition) is 1. The molecule has 1 saturated heterocycles. The first kappa shape index (κ1) is 21.0. The van der Waals surface area contributed by atoms with Crippen LogP contribution in [0.4, 0.5) is 10.1 Å². The van der Waals surface area contributed by atoms with E-state index in [1.807, 2.05) is 24.3 Å². The van der Waals surface area contributed by atoms with E-state index in [9.17, 15) is 9.18 Å². The molecule has 1 fully saturated rings. The third kappa shape index (κ3) is 5.32. The number of carbonyl (C=O) groups is 1. The van der Waals surface area contributed by atoms with Gasteiger partial charge < -0.3 is 19.7 Å². The minimum atomic E-state index is -0.919. The van der Waals surface area contributed by atoms with Crippen LogP contribution < -0.4 is 10.2 Å². The molecule has 0 radical (unpaired) electrons. The summed E-state index contributed by atoms with van der Waals surface area (Å²) in [6, 6.07) is 6.26. The van der Waals surface area contributed by atoms with Crippen LogP contribution in [-0.4, -0.2) is 58.6 Å². The van der Waals surface area contributed by atoms with E-state index >= 15 is 0 Å². The molecule has 0 aliphatic carbocycles. The standard InChI is InChI=1S/C18H26FN5O3/c1-26-11-9-21-18(25)16-4-3-10-24(16)14-7-5-13(6-8-14)17(27-2)15(12-19)22-23-20/h5-8,15-17H,3-4,9-12H2,1-2H3,(H,21,25)/t15-,16-,17-/m1/s1. The molecule has 0 spiro atoms. The minimum absolute atomic E-state index is 0.00996. The van der Waals surface area contributed by atoms with E-state index in [1.165, 1.54) is 7.11 Å². The Labute approximate surface area is 158 Å². The molecule has 1 N–H and O–H groups in total. The van der Waals surface area contributed by atoms with Crippen molar-refractivity contribution in [2.24, 2.45) is 5.11 Å². The van der Waals surface area contributed by atoms with Crippen molar-refractivity contribution in [2.45, 2.75) is 31.0 Å². The van der Waals surface area contributed by atoms with E-state index in [2.05, 4.69) is 20.2 Å². The molecule has 0 bridgehead atoms. The van der Waals surface area contributed by atoms with Crippen molar-refractivity contribution in [3.05, 3.63) is 40.3 Å². The summed E-state index contributed by atoms with van der Waals surface area (Å²) in [4.78, 5) is 17.2. The molecule has 9 heteroatoms. The number of halogens is 1. The number of methoxy groups -OCH3 is 2. The average Bonchev–Trinajstić information content (AvgIpc) is 3.18. The van der Waals surface area contributed by atoms with Gasteiger partial charge in [0.25, 0.3) is 0 Å². The summed E-state index contributed by atoms with van der Waals surface area (Å²) in [5, 5.41) is 6.35. The van der Waals surface area contributed by atoms with Crippen molar-refractivity contribution in [2.75, 3.05) is 45.5 Å². The fraction of sp³-hybridized carbons (Fsp3) is 0.611. The Morgan fingerprint density at radius 1 is 1.44 bits per heavy atom. The van der Waals surface area contributed by atoms with Crippen molar-refractivity contribution >= 4 is 11.6 Å². The predicted octanol–water partition coefficient (Wildman–Crippen LogP) is 2.75. The molecule has 1 amide bonds. The molecule has 1 aliphatic rings. The molecular weight excluding hydrogens is 353 g/mol. The molecule has 0 unspecified atom stereocenters.